The zero-order valence-corrected chi connectivity index (χ0v) is 39.9. The van der Waals surface area contributed by atoms with E-state index in [2.05, 4.69) is 131 Å². The molecule has 58 heavy (non-hydrogen) atoms. The van der Waals surface area contributed by atoms with E-state index in [1.165, 1.54) is 157 Å². The first-order valence-corrected chi connectivity index (χ1v) is 25.8. The molecule has 3 heterocycles. The largest absolute Gasteiger partial charge is 0.243 e. The first kappa shape index (κ1) is 44.9. The monoisotopic (exact) mass is 938 g/mol. The second-order valence-electron chi connectivity index (χ2n) is 16.2. The van der Waals surface area contributed by atoms with Crippen LogP contribution in [0.3, 0.4) is 0 Å². The first-order valence-electron chi connectivity index (χ1n) is 22.6. The van der Waals surface area contributed by atoms with Gasteiger partial charge in [-0.05, 0) is 80.8 Å². The summed E-state index contributed by atoms with van der Waals surface area (Å²) >= 11 is 11.6. The molecule has 0 amide bonds. The lowest BCUT2D eigenvalue weighted by Crippen LogP contribution is -1.98. The molecule has 3 aromatic heterocycles. The summed E-state index contributed by atoms with van der Waals surface area (Å²) in [7, 11) is 0. The molecule has 0 aliphatic carbocycles. The van der Waals surface area contributed by atoms with Crippen LogP contribution in [0, 0.1) is 0 Å². The fraction of sp³-hybridized carbons (Fsp3) is 0.462. The number of fused-ring (bicyclic) bond motifs is 1. The number of thiophene rings is 2. The summed E-state index contributed by atoms with van der Waals surface area (Å²) in [6, 6.07) is 30.6. The maximum Gasteiger partial charge on any atom is 0.0988 e. The third-order valence-corrected chi connectivity index (χ3v) is 15.6. The Balaban J connectivity index is 1.25. The highest BCUT2D eigenvalue weighted by atomic mass is 79.9. The van der Waals surface area contributed by atoms with Crippen molar-refractivity contribution in [1.29, 1.82) is 0 Å². The molecule has 0 aliphatic heterocycles. The van der Waals surface area contributed by atoms with Crippen molar-refractivity contribution in [2.75, 3.05) is 0 Å². The predicted molar refractivity (Wildman–Crippen MR) is 264 cm³/mol. The highest BCUT2D eigenvalue weighted by Crippen LogP contribution is 2.45. The van der Waals surface area contributed by atoms with E-state index in [1.807, 2.05) is 22.7 Å². The van der Waals surface area contributed by atoms with E-state index in [1.54, 1.807) is 0 Å². The summed E-state index contributed by atoms with van der Waals surface area (Å²) in [6.45, 7) is 4.59. The maximum absolute atomic E-state index is 5.61. The number of unbranched alkanes of at least 4 members (excludes halogenated alkanes) is 18. The van der Waals surface area contributed by atoms with Gasteiger partial charge in [0, 0.05) is 32.0 Å². The van der Waals surface area contributed by atoms with Crippen LogP contribution in [0.5, 0.6) is 0 Å². The van der Waals surface area contributed by atoms with Gasteiger partial charge in [0.15, 0.2) is 0 Å². The van der Waals surface area contributed by atoms with Crippen LogP contribution in [0.4, 0.5) is 0 Å². The molecular weight excluding hydrogens is 877 g/mol. The smallest absolute Gasteiger partial charge is 0.0988 e. The standard InChI is InChI=1S/C52H64Br2N2S2/c1-3-5-7-9-11-13-15-17-19-23-33-41-37-45(57-51(41)53)43-35-36-44(46-38-42(52(54)58-46)34-24-20-18-16-14-12-10-8-6-4-2)50-49(43)55-47(39-29-25-21-26-30-39)48(56-50)40-31-27-22-28-32-40/h21-22,25-32,35-38H,3-20,23-24,33-34H2,1-2H3. The molecule has 0 fully saturated rings. The molecule has 0 bridgehead atoms. The molecule has 0 saturated heterocycles. The number of halogens is 2. The van der Waals surface area contributed by atoms with Crippen LogP contribution >= 0.6 is 54.5 Å². The number of aryl methyl sites for hydroxylation is 2. The van der Waals surface area contributed by atoms with Crippen molar-refractivity contribution in [3.05, 3.63) is 104 Å². The molecule has 3 aromatic carbocycles. The highest BCUT2D eigenvalue weighted by molar-refractivity contribution is 9.11. The van der Waals surface area contributed by atoms with Crippen LogP contribution in [0.25, 0.3) is 54.4 Å². The summed E-state index contributed by atoms with van der Waals surface area (Å²) < 4.78 is 2.48. The van der Waals surface area contributed by atoms with Gasteiger partial charge < -0.3 is 0 Å². The van der Waals surface area contributed by atoms with Gasteiger partial charge in [-0.2, -0.15) is 0 Å². The minimum absolute atomic E-state index is 0.924. The van der Waals surface area contributed by atoms with Crippen molar-refractivity contribution in [2.45, 2.75) is 155 Å². The minimum Gasteiger partial charge on any atom is -0.243 e. The number of aromatic nitrogens is 2. The maximum atomic E-state index is 5.61. The number of benzene rings is 3. The molecule has 6 rings (SSSR count). The summed E-state index contributed by atoms with van der Waals surface area (Å²) in [6.07, 6.45) is 29.3. The third kappa shape index (κ3) is 12.9. The van der Waals surface area contributed by atoms with Gasteiger partial charge in [-0.15, -0.1) is 22.7 Å². The van der Waals surface area contributed by atoms with Crippen molar-refractivity contribution >= 4 is 65.6 Å². The second kappa shape index (κ2) is 24.6. The molecule has 0 aliphatic rings. The molecule has 6 aromatic rings. The Morgan fingerprint density at radius 3 is 1.09 bits per heavy atom. The van der Waals surface area contributed by atoms with Crippen molar-refractivity contribution in [3.8, 4) is 43.4 Å². The second-order valence-corrected chi connectivity index (χ2v) is 20.9. The summed E-state index contributed by atoms with van der Waals surface area (Å²) in [5.74, 6) is 0. The SMILES string of the molecule is CCCCCCCCCCCCc1cc(-c2ccc(-c3cc(CCCCCCCCCCCC)c(Br)s3)c3nc(-c4ccccc4)c(-c4ccccc4)nc23)sc1Br. The molecule has 0 spiro atoms. The van der Waals surface area contributed by atoms with Gasteiger partial charge in [0.05, 0.1) is 30.0 Å². The van der Waals surface area contributed by atoms with Crippen LogP contribution in [-0.4, -0.2) is 9.97 Å². The molecule has 0 atom stereocenters. The number of hydrogen-bond donors (Lipinski definition) is 0. The van der Waals surface area contributed by atoms with E-state index in [4.69, 9.17) is 9.97 Å². The average Bonchev–Trinajstić information content (AvgIpc) is 3.82. The van der Waals surface area contributed by atoms with E-state index < -0.39 is 0 Å². The fourth-order valence-electron chi connectivity index (χ4n) is 8.15. The lowest BCUT2D eigenvalue weighted by molar-refractivity contribution is 0.556. The van der Waals surface area contributed by atoms with E-state index in [-0.39, 0.29) is 0 Å². The summed E-state index contributed by atoms with van der Waals surface area (Å²) in [5.41, 5.74) is 11.1. The Morgan fingerprint density at radius 1 is 0.414 bits per heavy atom. The van der Waals surface area contributed by atoms with Gasteiger partial charge in [0.1, 0.15) is 0 Å². The quantitative estimate of drug-likeness (QED) is 0.0507. The normalized spacial score (nSPS) is 11.6. The van der Waals surface area contributed by atoms with Crippen molar-refractivity contribution in [1.82, 2.24) is 9.97 Å². The number of nitrogens with zero attached hydrogens (tertiary/aromatic N) is 2. The Morgan fingerprint density at radius 2 is 0.741 bits per heavy atom. The van der Waals surface area contributed by atoms with E-state index >= 15 is 0 Å². The lowest BCUT2D eigenvalue weighted by Gasteiger charge is -2.15. The molecule has 308 valence electrons. The fourth-order valence-corrected chi connectivity index (χ4v) is 11.7. The molecule has 0 N–H and O–H groups in total. The van der Waals surface area contributed by atoms with Crippen LogP contribution in [0.2, 0.25) is 0 Å². The predicted octanol–water partition coefficient (Wildman–Crippen LogP) is 18.9. The van der Waals surface area contributed by atoms with Crippen LogP contribution in [0.1, 0.15) is 153 Å². The molecule has 0 saturated carbocycles. The highest BCUT2D eigenvalue weighted by Gasteiger charge is 2.22. The Labute approximate surface area is 375 Å². The Bertz CT molecular complexity index is 1950. The zero-order chi connectivity index (χ0) is 40.4. The number of hydrogen-bond acceptors (Lipinski definition) is 4. The van der Waals surface area contributed by atoms with Crippen LogP contribution in [0.15, 0.2) is 92.5 Å². The van der Waals surface area contributed by atoms with Gasteiger partial charge in [-0.3, -0.25) is 0 Å². The first-order chi connectivity index (χ1) is 28.6. The van der Waals surface area contributed by atoms with Gasteiger partial charge in [-0.25, -0.2) is 9.97 Å². The minimum atomic E-state index is 0.924. The summed E-state index contributed by atoms with van der Waals surface area (Å²) in [5, 5.41) is 0. The van der Waals surface area contributed by atoms with Crippen molar-refractivity contribution in [3.63, 3.8) is 0 Å². The molecule has 2 nitrogen and oxygen atoms in total. The number of rotatable bonds is 26. The van der Waals surface area contributed by atoms with E-state index in [0.29, 0.717) is 0 Å². The molecule has 0 unspecified atom stereocenters. The van der Waals surface area contributed by atoms with Crippen LogP contribution < -0.4 is 0 Å². The van der Waals surface area contributed by atoms with Crippen LogP contribution in [-0.2, 0) is 12.8 Å². The van der Waals surface area contributed by atoms with E-state index in [0.717, 1.165) is 57.5 Å². The lowest BCUT2D eigenvalue weighted by atomic mass is 9.99. The van der Waals surface area contributed by atoms with Gasteiger partial charge in [-0.1, -0.05) is 202 Å². The molecular formula is C52H64Br2N2S2. The van der Waals surface area contributed by atoms with Gasteiger partial charge >= 0.3 is 0 Å². The Hall–Kier alpha value is -2.64. The van der Waals surface area contributed by atoms with Crippen molar-refractivity contribution in [2.24, 2.45) is 0 Å². The topological polar surface area (TPSA) is 25.8 Å². The van der Waals surface area contributed by atoms with E-state index in [9.17, 15) is 0 Å². The van der Waals surface area contributed by atoms with Crippen molar-refractivity contribution < 1.29 is 0 Å². The van der Waals surface area contributed by atoms with Gasteiger partial charge in [0.25, 0.3) is 0 Å². The molecule has 0 radical (unpaired) electrons. The Kier molecular flexibility index (Phi) is 19.0. The third-order valence-electron chi connectivity index (χ3n) is 11.6. The average molecular weight is 941 g/mol. The summed E-state index contributed by atoms with van der Waals surface area (Å²) in [4.78, 5) is 13.7. The molecule has 6 heteroatoms. The van der Waals surface area contributed by atoms with Gasteiger partial charge in [0.2, 0.25) is 0 Å². The zero-order valence-electron chi connectivity index (χ0n) is 35.1.